The Morgan fingerprint density at radius 2 is 1.66 bits per heavy atom. The first-order chi connectivity index (χ1) is 13.6. The van der Waals surface area contributed by atoms with Crippen molar-refractivity contribution >= 4 is 27.5 Å². The molecule has 0 spiro atoms. The molecular formula is C22H16F2O4S. The lowest BCUT2D eigenvalue weighted by Crippen LogP contribution is -2.00. The summed E-state index contributed by atoms with van der Waals surface area (Å²) in [6.45, 7) is 0. The minimum absolute atomic E-state index is 0.0542. The Morgan fingerprint density at radius 1 is 0.966 bits per heavy atom. The zero-order valence-corrected chi connectivity index (χ0v) is 16.1. The highest BCUT2D eigenvalue weighted by atomic mass is 32.2. The van der Waals surface area contributed by atoms with Crippen LogP contribution in [0.15, 0.2) is 71.6 Å². The molecule has 0 aromatic heterocycles. The Bertz CT molecular complexity index is 1210. The average molecular weight is 414 g/mol. The predicted molar refractivity (Wildman–Crippen MR) is 107 cm³/mol. The van der Waals surface area contributed by atoms with Gasteiger partial charge in [0.05, 0.1) is 10.5 Å². The van der Waals surface area contributed by atoms with Crippen LogP contribution in [-0.4, -0.2) is 25.7 Å². The maximum absolute atomic E-state index is 14.1. The van der Waals surface area contributed by atoms with Crippen LogP contribution in [0, 0.1) is 11.6 Å². The molecule has 0 aliphatic heterocycles. The van der Waals surface area contributed by atoms with Crippen molar-refractivity contribution in [3.05, 3.63) is 89.5 Å². The number of carbonyl (C=O) groups is 1. The Morgan fingerprint density at radius 3 is 2.24 bits per heavy atom. The van der Waals surface area contributed by atoms with E-state index in [1.807, 2.05) is 0 Å². The van der Waals surface area contributed by atoms with Crippen molar-refractivity contribution in [3.8, 4) is 11.1 Å². The van der Waals surface area contributed by atoms with Gasteiger partial charge in [0.15, 0.2) is 9.84 Å². The molecule has 0 aliphatic rings. The summed E-state index contributed by atoms with van der Waals surface area (Å²) in [6, 6.07) is 15.2. The van der Waals surface area contributed by atoms with Crippen LogP contribution in [0.4, 0.5) is 8.78 Å². The van der Waals surface area contributed by atoms with Gasteiger partial charge in [0, 0.05) is 17.9 Å². The number of rotatable bonds is 5. The molecule has 0 atom stereocenters. The summed E-state index contributed by atoms with van der Waals surface area (Å²) in [6.07, 6.45) is 2.48. The second kappa shape index (κ2) is 7.97. The molecule has 0 heterocycles. The molecule has 1 N–H and O–H groups in total. The highest BCUT2D eigenvalue weighted by Gasteiger charge is 2.14. The lowest BCUT2D eigenvalue weighted by Gasteiger charge is -2.08. The SMILES string of the molecule is CS(=O)(=O)c1ccc(/C=C(/C(=O)O)c2cccc(-c3ccc(F)cc3F)c2)cc1. The van der Waals surface area contributed by atoms with E-state index in [0.29, 0.717) is 16.7 Å². The lowest BCUT2D eigenvalue weighted by molar-refractivity contribution is -0.130. The first-order valence-corrected chi connectivity index (χ1v) is 10.4. The highest BCUT2D eigenvalue weighted by Crippen LogP contribution is 2.28. The van der Waals surface area contributed by atoms with Gasteiger partial charge in [0.1, 0.15) is 11.6 Å². The van der Waals surface area contributed by atoms with Crippen molar-refractivity contribution in [2.45, 2.75) is 4.90 Å². The van der Waals surface area contributed by atoms with Crippen LogP contribution in [0.1, 0.15) is 11.1 Å². The van der Waals surface area contributed by atoms with Gasteiger partial charge in [0.25, 0.3) is 0 Å². The number of hydrogen-bond donors (Lipinski definition) is 1. The maximum Gasteiger partial charge on any atom is 0.336 e. The van der Waals surface area contributed by atoms with Crippen LogP contribution < -0.4 is 0 Å². The first kappa shape index (κ1) is 20.4. The molecule has 4 nitrogen and oxygen atoms in total. The van der Waals surface area contributed by atoms with E-state index in [2.05, 4.69) is 0 Å². The topological polar surface area (TPSA) is 71.4 Å². The van der Waals surface area contributed by atoms with E-state index in [-0.39, 0.29) is 16.0 Å². The average Bonchev–Trinajstić information content (AvgIpc) is 2.65. The second-order valence-electron chi connectivity index (χ2n) is 6.41. The molecule has 0 unspecified atom stereocenters. The molecule has 0 amide bonds. The van der Waals surface area contributed by atoms with Crippen molar-refractivity contribution in [2.24, 2.45) is 0 Å². The van der Waals surface area contributed by atoms with Gasteiger partial charge in [-0.05, 0) is 53.1 Å². The van der Waals surface area contributed by atoms with Crippen molar-refractivity contribution in [1.29, 1.82) is 0 Å². The van der Waals surface area contributed by atoms with Crippen LogP contribution in [0.5, 0.6) is 0 Å². The third-order valence-electron chi connectivity index (χ3n) is 4.27. The Labute approximate surface area is 166 Å². The van der Waals surface area contributed by atoms with E-state index in [4.69, 9.17) is 0 Å². The molecule has 148 valence electrons. The fourth-order valence-corrected chi connectivity index (χ4v) is 3.45. The largest absolute Gasteiger partial charge is 0.478 e. The molecule has 3 aromatic rings. The fourth-order valence-electron chi connectivity index (χ4n) is 2.82. The fraction of sp³-hybridized carbons (Fsp3) is 0.0455. The molecule has 0 fully saturated rings. The molecule has 3 rings (SSSR count). The second-order valence-corrected chi connectivity index (χ2v) is 8.43. The molecule has 0 bridgehead atoms. The zero-order valence-electron chi connectivity index (χ0n) is 15.3. The Kier molecular flexibility index (Phi) is 5.61. The summed E-state index contributed by atoms with van der Waals surface area (Å²) < 4.78 is 50.4. The van der Waals surface area contributed by atoms with Gasteiger partial charge in [-0.1, -0.05) is 30.3 Å². The summed E-state index contributed by atoms with van der Waals surface area (Å²) in [5, 5.41) is 9.64. The van der Waals surface area contributed by atoms with Crippen LogP contribution in [0.2, 0.25) is 0 Å². The highest BCUT2D eigenvalue weighted by molar-refractivity contribution is 7.90. The van der Waals surface area contributed by atoms with E-state index >= 15 is 0 Å². The van der Waals surface area contributed by atoms with Crippen LogP contribution in [-0.2, 0) is 14.6 Å². The van der Waals surface area contributed by atoms with Crippen molar-refractivity contribution < 1.29 is 27.1 Å². The minimum atomic E-state index is -3.36. The molecule has 0 saturated carbocycles. The van der Waals surface area contributed by atoms with Crippen molar-refractivity contribution in [2.75, 3.05) is 6.26 Å². The number of carboxylic acid groups (broad SMARTS) is 1. The number of benzene rings is 3. The van der Waals surface area contributed by atoms with Gasteiger partial charge in [0.2, 0.25) is 0 Å². The van der Waals surface area contributed by atoms with Gasteiger partial charge >= 0.3 is 5.97 Å². The molecule has 29 heavy (non-hydrogen) atoms. The molecule has 0 radical (unpaired) electrons. The minimum Gasteiger partial charge on any atom is -0.478 e. The summed E-state index contributed by atoms with van der Waals surface area (Å²) in [4.78, 5) is 11.9. The van der Waals surface area contributed by atoms with E-state index in [0.717, 1.165) is 18.4 Å². The predicted octanol–water partition coefficient (Wildman–Crippen LogP) is 4.66. The quantitative estimate of drug-likeness (QED) is 0.487. The van der Waals surface area contributed by atoms with Crippen molar-refractivity contribution in [1.82, 2.24) is 0 Å². The smallest absolute Gasteiger partial charge is 0.336 e. The number of carboxylic acids is 1. The summed E-state index contributed by atoms with van der Waals surface area (Å²) in [5.41, 5.74) is 1.32. The summed E-state index contributed by atoms with van der Waals surface area (Å²) in [7, 11) is -3.36. The maximum atomic E-state index is 14.1. The lowest BCUT2D eigenvalue weighted by atomic mass is 9.97. The van der Waals surface area contributed by atoms with Gasteiger partial charge in [-0.25, -0.2) is 22.0 Å². The third-order valence-corrected chi connectivity index (χ3v) is 5.39. The molecule has 3 aromatic carbocycles. The summed E-state index contributed by atoms with van der Waals surface area (Å²) >= 11 is 0. The van der Waals surface area contributed by atoms with E-state index in [9.17, 15) is 27.1 Å². The summed E-state index contributed by atoms with van der Waals surface area (Å²) in [5.74, 6) is -2.65. The number of sulfone groups is 1. The van der Waals surface area contributed by atoms with Gasteiger partial charge in [-0.3, -0.25) is 0 Å². The first-order valence-electron chi connectivity index (χ1n) is 8.46. The number of halogens is 2. The molecule has 0 saturated heterocycles. The van der Waals surface area contributed by atoms with Crippen LogP contribution in [0.3, 0.4) is 0 Å². The van der Waals surface area contributed by atoms with Gasteiger partial charge in [-0.2, -0.15) is 0 Å². The zero-order chi connectivity index (χ0) is 21.2. The Balaban J connectivity index is 2.04. The normalized spacial score (nSPS) is 12.0. The van der Waals surface area contributed by atoms with Crippen LogP contribution in [0.25, 0.3) is 22.8 Å². The van der Waals surface area contributed by atoms with E-state index in [1.165, 1.54) is 42.5 Å². The van der Waals surface area contributed by atoms with E-state index < -0.39 is 27.4 Å². The standard InChI is InChI=1S/C22H16F2O4S/c1-29(27,28)18-8-5-14(6-9-18)11-20(22(25)26)16-4-2-3-15(12-16)19-10-7-17(23)13-21(19)24/h2-13H,1H3,(H,25,26)/b20-11+. The Hall–Kier alpha value is -3.32. The molecule has 7 heteroatoms. The molecule has 0 aliphatic carbocycles. The third kappa shape index (κ3) is 4.75. The monoisotopic (exact) mass is 414 g/mol. The van der Waals surface area contributed by atoms with Gasteiger partial charge in [-0.15, -0.1) is 0 Å². The number of aliphatic carboxylic acids is 1. The number of hydrogen-bond acceptors (Lipinski definition) is 3. The van der Waals surface area contributed by atoms with E-state index in [1.54, 1.807) is 18.2 Å². The van der Waals surface area contributed by atoms with Gasteiger partial charge < -0.3 is 5.11 Å². The van der Waals surface area contributed by atoms with Crippen LogP contribution >= 0.6 is 0 Å². The van der Waals surface area contributed by atoms with Crippen molar-refractivity contribution in [3.63, 3.8) is 0 Å². The molecular weight excluding hydrogens is 398 g/mol.